The zero-order valence-corrected chi connectivity index (χ0v) is 16.5. The van der Waals surface area contributed by atoms with Crippen LogP contribution in [0, 0.1) is 5.41 Å². The number of benzene rings is 2. The number of esters is 1. The van der Waals surface area contributed by atoms with Crippen LogP contribution in [-0.2, 0) is 16.1 Å². The van der Waals surface area contributed by atoms with E-state index < -0.39 is 5.41 Å². The third kappa shape index (κ3) is 4.14. The lowest BCUT2D eigenvalue weighted by molar-refractivity contribution is -0.154. The molecule has 1 N–H and O–H groups in total. The second kappa shape index (κ2) is 8.53. The molecule has 0 aliphatic heterocycles. The van der Waals surface area contributed by atoms with Gasteiger partial charge in [0.05, 0.1) is 12.5 Å². The quantitative estimate of drug-likeness (QED) is 0.589. The first-order valence-electron chi connectivity index (χ1n) is 9.60. The van der Waals surface area contributed by atoms with Crippen LogP contribution in [0.5, 0.6) is 0 Å². The van der Waals surface area contributed by atoms with Gasteiger partial charge in [-0.3, -0.25) is 4.79 Å². The number of nitrogens with one attached hydrogen (secondary N) is 1. The van der Waals surface area contributed by atoms with E-state index in [1.807, 2.05) is 24.3 Å². The van der Waals surface area contributed by atoms with Gasteiger partial charge >= 0.3 is 5.97 Å². The Balaban J connectivity index is 1.92. The van der Waals surface area contributed by atoms with Crippen LogP contribution in [0.1, 0.15) is 43.7 Å². The lowest BCUT2D eigenvalue weighted by atomic mass is 9.62. The normalized spacial score (nSPS) is 22.6. The van der Waals surface area contributed by atoms with Crippen LogP contribution in [0.4, 0.5) is 0 Å². The molecule has 0 saturated heterocycles. The molecule has 0 amide bonds. The predicted octanol–water partition coefficient (Wildman–Crippen LogP) is 4.85. The minimum absolute atomic E-state index is 0.109. The first kappa shape index (κ1) is 19.4. The maximum absolute atomic E-state index is 13.1. The molecule has 1 aliphatic rings. The summed E-state index contributed by atoms with van der Waals surface area (Å²) in [7, 11) is 1.50. The number of hydrogen-bond donors (Lipinski definition) is 1. The lowest BCUT2D eigenvalue weighted by Gasteiger charge is -2.43. The molecule has 3 heteroatoms. The van der Waals surface area contributed by atoms with Gasteiger partial charge in [0.25, 0.3) is 0 Å². The van der Waals surface area contributed by atoms with Gasteiger partial charge in [0.2, 0.25) is 0 Å². The molecule has 0 bridgehead atoms. The van der Waals surface area contributed by atoms with Crippen molar-refractivity contribution in [1.29, 1.82) is 0 Å². The first-order valence-corrected chi connectivity index (χ1v) is 9.60. The highest BCUT2D eigenvalue weighted by atomic mass is 16.5. The highest BCUT2D eigenvalue weighted by Crippen LogP contribution is 2.49. The molecule has 142 valence electrons. The molecule has 2 aromatic carbocycles. The van der Waals surface area contributed by atoms with E-state index in [0.717, 1.165) is 19.4 Å². The largest absolute Gasteiger partial charge is 0.469 e. The minimum Gasteiger partial charge on any atom is -0.469 e. The monoisotopic (exact) mass is 363 g/mol. The zero-order chi connectivity index (χ0) is 19.3. The number of allylic oxidation sites excluding steroid dienone is 2. The third-order valence-electron chi connectivity index (χ3n) is 5.89. The zero-order valence-electron chi connectivity index (χ0n) is 16.5. The molecule has 0 radical (unpaired) electrons. The Morgan fingerprint density at radius 2 is 1.67 bits per heavy atom. The molecule has 0 heterocycles. The Kier molecular flexibility index (Phi) is 6.12. The van der Waals surface area contributed by atoms with Gasteiger partial charge in [-0.25, -0.2) is 0 Å². The molecule has 0 spiro atoms. The van der Waals surface area contributed by atoms with E-state index in [0.29, 0.717) is 6.54 Å². The van der Waals surface area contributed by atoms with Crippen molar-refractivity contribution in [3.8, 4) is 0 Å². The fraction of sp³-hybridized carbons (Fsp3) is 0.375. The van der Waals surface area contributed by atoms with E-state index in [1.54, 1.807) is 0 Å². The van der Waals surface area contributed by atoms with Crippen LogP contribution < -0.4 is 5.32 Å². The highest BCUT2D eigenvalue weighted by molar-refractivity contribution is 5.79. The summed E-state index contributed by atoms with van der Waals surface area (Å²) in [5.41, 5.74) is 4.51. The summed E-state index contributed by atoms with van der Waals surface area (Å²) in [4.78, 5) is 13.1. The Labute approximate surface area is 162 Å². The predicted molar refractivity (Wildman–Crippen MR) is 109 cm³/mol. The van der Waals surface area contributed by atoms with Gasteiger partial charge in [0.1, 0.15) is 0 Å². The number of carbonyl (C=O) groups excluding carboxylic acids is 1. The molecule has 3 rings (SSSR count). The van der Waals surface area contributed by atoms with Gasteiger partial charge in [-0.05, 0) is 37.8 Å². The van der Waals surface area contributed by atoms with Gasteiger partial charge in [-0.2, -0.15) is 0 Å². The standard InChI is InChI=1S/C24H29NO2/c1-18-14-22(21-12-8-5-9-13-21)24(15-19(18)2,23(26)27-3)17-25-16-20-10-6-4-7-11-20/h4-13,22,25H,14-17H2,1-3H3/t22-,24-/m0/s1. The summed E-state index contributed by atoms with van der Waals surface area (Å²) in [6.45, 7) is 5.66. The number of hydrogen-bond acceptors (Lipinski definition) is 3. The van der Waals surface area contributed by atoms with Crippen molar-refractivity contribution < 1.29 is 9.53 Å². The fourth-order valence-electron chi connectivity index (χ4n) is 4.25. The van der Waals surface area contributed by atoms with Crippen LogP contribution in [0.25, 0.3) is 0 Å². The highest BCUT2D eigenvalue weighted by Gasteiger charge is 2.49. The summed E-state index contributed by atoms with van der Waals surface area (Å²) in [5, 5.41) is 3.54. The van der Waals surface area contributed by atoms with Crippen LogP contribution in [0.3, 0.4) is 0 Å². The molecule has 0 saturated carbocycles. The van der Waals surface area contributed by atoms with Gasteiger partial charge < -0.3 is 10.1 Å². The second-order valence-electron chi connectivity index (χ2n) is 7.64. The molecule has 1 aliphatic carbocycles. The summed E-state index contributed by atoms with van der Waals surface area (Å²) < 4.78 is 5.33. The van der Waals surface area contributed by atoms with Crippen LogP contribution in [-0.4, -0.2) is 19.6 Å². The molecule has 2 aromatic rings. The Hall–Kier alpha value is -2.39. The third-order valence-corrected chi connectivity index (χ3v) is 5.89. The fourth-order valence-corrected chi connectivity index (χ4v) is 4.25. The maximum Gasteiger partial charge on any atom is 0.314 e. The topological polar surface area (TPSA) is 38.3 Å². The van der Waals surface area contributed by atoms with Crippen LogP contribution in [0.15, 0.2) is 71.8 Å². The maximum atomic E-state index is 13.1. The van der Waals surface area contributed by atoms with E-state index in [-0.39, 0.29) is 11.9 Å². The van der Waals surface area contributed by atoms with Crippen molar-refractivity contribution in [1.82, 2.24) is 5.32 Å². The van der Waals surface area contributed by atoms with E-state index in [9.17, 15) is 4.79 Å². The van der Waals surface area contributed by atoms with Crippen molar-refractivity contribution in [3.05, 3.63) is 82.9 Å². The van der Waals surface area contributed by atoms with Gasteiger partial charge in [-0.15, -0.1) is 0 Å². The van der Waals surface area contributed by atoms with E-state index in [1.165, 1.54) is 29.4 Å². The van der Waals surface area contributed by atoms with Crippen molar-refractivity contribution in [2.45, 2.75) is 39.2 Å². The van der Waals surface area contributed by atoms with Crippen molar-refractivity contribution in [3.63, 3.8) is 0 Å². The number of methoxy groups -OCH3 is 1. The number of carbonyl (C=O) groups is 1. The van der Waals surface area contributed by atoms with Crippen molar-refractivity contribution >= 4 is 5.97 Å². The number of ether oxygens (including phenoxy) is 1. The molecule has 2 atom stereocenters. The second-order valence-corrected chi connectivity index (χ2v) is 7.64. The van der Waals surface area contributed by atoms with Crippen LogP contribution >= 0.6 is 0 Å². The van der Waals surface area contributed by atoms with Crippen LogP contribution in [0.2, 0.25) is 0 Å². The Bertz CT molecular complexity index is 798. The Morgan fingerprint density at radius 1 is 1.04 bits per heavy atom. The molecule has 27 heavy (non-hydrogen) atoms. The molecule has 0 fully saturated rings. The average molecular weight is 364 g/mol. The average Bonchev–Trinajstić information content (AvgIpc) is 2.71. The first-order chi connectivity index (χ1) is 13.1. The molecular formula is C24H29NO2. The molecule has 3 nitrogen and oxygen atoms in total. The van der Waals surface area contributed by atoms with E-state index >= 15 is 0 Å². The Morgan fingerprint density at radius 3 is 2.30 bits per heavy atom. The summed E-state index contributed by atoms with van der Waals surface area (Å²) in [6.07, 6.45) is 1.62. The van der Waals surface area contributed by atoms with Crippen molar-refractivity contribution in [2.75, 3.05) is 13.7 Å². The molecule has 0 unspecified atom stereocenters. The lowest BCUT2D eigenvalue weighted by Crippen LogP contribution is -2.48. The SMILES string of the molecule is COC(=O)[C@]1(CNCc2ccccc2)CC(C)=C(C)C[C@H]1c1ccccc1. The van der Waals surface area contributed by atoms with Gasteiger partial charge in [-0.1, -0.05) is 71.8 Å². The van der Waals surface area contributed by atoms with E-state index in [2.05, 4.69) is 55.6 Å². The summed E-state index contributed by atoms with van der Waals surface area (Å²) in [5.74, 6) is -0.0121. The summed E-state index contributed by atoms with van der Waals surface area (Å²) in [6, 6.07) is 20.7. The smallest absolute Gasteiger partial charge is 0.314 e. The van der Waals surface area contributed by atoms with Gasteiger partial charge in [0, 0.05) is 19.0 Å². The van der Waals surface area contributed by atoms with Crippen molar-refractivity contribution in [2.24, 2.45) is 5.41 Å². The van der Waals surface area contributed by atoms with Gasteiger partial charge in [0.15, 0.2) is 0 Å². The molecule has 0 aromatic heterocycles. The minimum atomic E-state index is -0.589. The summed E-state index contributed by atoms with van der Waals surface area (Å²) >= 11 is 0. The number of rotatable bonds is 6. The molecular weight excluding hydrogens is 334 g/mol. The van der Waals surface area contributed by atoms with E-state index in [4.69, 9.17) is 4.74 Å².